The van der Waals surface area contributed by atoms with E-state index in [0.717, 1.165) is 12.1 Å². The highest BCUT2D eigenvalue weighted by molar-refractivity contribution is 6.08. The average molecular weight is 419 g/mol. The van der Waals surface area contributed by atoms with Crippen molar-refractivity contribution in [1.29, 1.82) is 0 Å². The minimum atomic E-state index is -4.45. The SMILES string of the molecule is CC(C)[C@]1(CNC(=O)c2ccccc2-c2ccc(C(F)(F)F)cc2)NC(=O)NC1=O. The highest BCUT2D eigenvalue weighted by atomic mass is 19.4. The number of carbonyl (C=O) groups is 3. The highest BCUT2D eigenvalue weighted by Crippen LogP contribution is 2.32. The smallest absolute Gasteiger partial charge is 0.349 e. The molecule has 2 aromatic rings. The Labute approximate surface area is 170 Å². The van der Waals surface area contributed by atoms with Crippen LogP contribution in [0.3, 0.4) is 0 Å². The molecule has 0 bridgehead atoms. The van der Waals surface area contributed by atoms with E-state index in [9.17, 15) is 27.6 Å². The Bertz CT molecular complexity index is 987. The van der Waals surface area contributed by atoms with Gasteiger partial charge in [0.25, 0.3) is 11.8 Å². The predicted octanol–water partition coefficient (Wildman–Crippen LogP) is 3.34. The highest BCUT2D eigenvalue weighted by Gasteiger charge is 2.48. The van der Waals surface area contributed by atoms with Crippen molar-refractivity contribution in [2.45, 2.75) is 25.6 Å². The van der Waals surface area contributed by atoms with Gasteiger partial charge in [-0.25, -0.2) is 4.79 Å². The Morgan fingerprint density at radius 1 is 1.07 bits per heavy atom. The van der Waals surface area contributed by atoms with Crippen molar-refractivity contribution in [1.82, 2.24) is 16.0 Å². The molecule has 9 heteroatoms. The van der Waals surface area contributed by atoms with Crippen LogP contribution in [0.2, 0.25) is 0 Å². The summed E-state index contributed by atoms with van der Waals surface area (Å²) in [6.07, 6.45) is -4.45. The van der Waals surface area contributed by atoms with Gasteiger partial charge in [-0.1, -0.05) is 44.2 Å². The predicted molar refractivity (Wildman–Crippen MR) is 103 cm³/mol. The molecule has 0 saturated carbocycles. The standard InChI is InChI=1S/C21H20F3N3O3/c1-12(2)20(18(29)26-19(30)27-20)11-25-17(28)16-6-4-3-5-15(16)13-7-9-14(10-8-13)21(22,23)24/h3-10,12H,11H2,1-2H3,(H,25,28)(H2,26,27,29,30)/t20-/m0/s1. The fourth-order valence-corrected chi connectivity index (χ4v) is 3.33. The molecule has 3 N–H and O–H groups in total. The van der Waals surface area contributed by atoms with Gasteiger partial charge in [0.2, 0.25) is 0 Å². The molecule has 0 aromatic heterocycles. The molecule has 3 rings (SSSR count). The van der Waals surface area contributed by atoms with Gasteiger partial charge < -0.3 is 10.6 Å². The number of rotatable bonds is 5. The first-order valence-electron chi connectivity index (χ1n) is 9.23. The van der Waals surface area contributed by atoms with Gasteiger partial charge in [-0.2, -0.15) is 13.2 Å². The van der Waals surface area contributed by atoms with Gasteiger partial charge in [-0.15, -0.1) is 0 Å². The molecule has 6 nitrogen and oxygen atoms in total. The van der Waals surface area contributed by atoms with Crippen molar-refractivity contribution in [3.63, 3.8) is 0 Å². The van der Waals surface area contributed by atoms with E-state index in [4.69, 9.17) is 0 Å². The quantitative estimate of drug-likeness (QED) is 0.650. The molecule has 158 valence electrons. The minimum Gasteiger partial charge on any atom is -0.349 e. The minimum absolute atomic E-state index is 0.136. The van der Waals surface area contributed by atoms with Gasteiger partial charge in [0.1, 0.15) is 5.54 Å². The number of hydrogen-bond acceptors (Lipinski definition) is 3. The van der Waals surface area contributed by atoms with Crippen LogP contribution >= 0.6 is 0 Å². The zero-order valence-electron chi connectivity index (χ0n) is 16.3. The first-order chi connectivity index (χ1) is 14.0. The van der Waals surface area contributed by atoms with Crippen molar-refractivity contribution in [3.05, 3.63) is 59.7 Å². The number of hydrogen-bond donors (Lipinski definition) is 3. The lowest BCUT2D eigenvalue weighted by molar-refractivity contribution is -0.137. The van der Waals surface area contributed by atoms with Crippen LogP contribution in [0.4, 0.5) is 18.0 Å². The molecular formula is C21H20F3N3O3. The van der Waals surface area contributed by atoms with Crippen LogP contribution in [-0.4, -0.2) is 29.9 Å². The van der Waals surface area contributed by atoms with E-state index in [0.29, 0.717) is 11.1 Å². The third kappa shape index (κ3) is 4.00. The molecule has 0 spiro atoms. The van der Waals surface area contributed by atoms with Crippen molar-refractivity contribution in [2.75, 3.05) is 6.54 Å². The Morgan fingerprint density at radius 3 is 2.23 bits per heavy atom. The second-order valence-electron chi connectivity index (χ2n) is 7.34. The first kappa shape index (κ1) is 21.4. The van der Waals surface area contributed by atoms with E-state index in [2.05, 4.69) is 16.0 Å². The van der Waals surface area contributed by atoms with E-state index in [-0.39, 0.29) is 18.0 Å². The molecule has 30 heavy (non-hydrogen) atoms. The molecule has 1 fully saturated rings. The zero-order valence-corrected chi connectivity index (χ0v) is 16.3. The number of nitrogens with one attached hydrogen (secondary N) is 3. The molecule has 4 amide bonds. The van der Waals surface area contributed by atoms with Gasteiger partial charge in [0.05, 0.1) is 12.1 Å². The molecule has 2 aromatic carbocycles. The van der Waals surface area contributed by atoms with Gasteiger partial charge in [0.15, 0.2) is 0 Å². The molecule has 1 aliphatic rings. The van der Waals surface area contributed by atoms with E-state index >= 15 is 0 Å². The van der Waals surface area contributed by atoms with Crippen LogP contribution in [0.1, 0.15) is 29.8 Å². The van der Waals surface area contributed by atoms with Crippen LogP contribution in [0.25, 0.3) is 11.1 Å². The normalized spacial score (nSPS) is 18.9. The van der Waals surface area contributed by atoms with Crippen LogP contribution in [-0.2, 0) is 11.0 Å². The van der Waals surface area contributed by atoms with Gasteiger partial charge >= 0.3 is 12.2 Å². The van der Waals surface area contributed by atoms with Gasteiger partial charge in [-0.3, -0.25) is 14.9 Å². The zero-order chi connectivity index (χ0) is 22.1. The van der Waals surface area contributed by atoms with Crippen LogP contribution < -0.4 is 16.0 Å². The van der Waals surface area contributed by atoms with E-state index in [1.807, 2.05) is 0 Å². The number of urea groups is 1. The Balaban J connectivity index is 1.84. The fourth-order valence-electron chi connectivity index (χ4n) is 3.33. The maximum absolute atomic E-state index is 12.8. The summed E-state index contributed by atoms with van der Waals surface area (Å²) in [6.45, 7) is 3.35. The first-order valence-corrected chi connectivity index (χ1v) is 9.23. The number of carbonyl (C=O) groups excluding carboxylic acids is 3. The van der Waals surface area contributed by atoms with Crippen molar-refractivity contribution < 1.29 is 27.6 Å². The lowest BCUT2D eigenvalue weighted by atomic mass is 9.86. The topological polar surface area (TPSA) is 87.3 Å². The Hall–Kier alpha value is -3.36. The number of amides is 4. The van der Waals surface area contributed by atoms with E-state index < -0.39 is 35.1 Å². The average Bonchev–Trinajstić information content (AvgIpc) is 3.00. The summed E-state index contributed by atoms with van der Waals surface area (Å²) < 4.78 is 38.4. The lowest BCUT2D eigenvalue weighted by Crippen LogP contribution is -2.58. The number of halogens is 3. The second kappa shape index (κ2) is 7.81. The maximum atomic E-state index is 12.8. The molecule has 1 aliphatic heterocycles. The number of imide groups is 1. The van der Waals surface area contributed by atoms with Crippen LogP contribution in [0.15, 0.2) is 48.5 Å². The van der Waals surface area contributed by atoms with Crippen molar-refractivity contribution in [3.8, 4) is 11.1 Å². The second-order valence-corrected chi connectivity index (χ2v) is 7.34. The molecular weight excluding hydrogens is 399 g/mol. The summed E-state index contributed by atoms with van der Waals surface area (Å²) in [5.74, 6) is -1.34. The lowest BCUT2D eigenvalue weighted by Gasteiger charge is -2.30. The van der Waals surface area contributed by atoms with Crippen LogP contribution in [0.5, 0.6) is 0 Å². The summed E-state index contributed by atoms with van der Waals surface area (Å²) in [5.41, 5.74) is -0.937. The Kier molecular flexibility index (Phi) is 5.56. The van der Waals surface area contributed by atoms with Crippen molar-refractivity contribution in [2.24, 2.45) is 5.92 Å². The fraction of sp³-hybridized carbons (Fsp3) is 0.286. The monoisotopic (exact) mass is 419 g/mol. The largest absolute Gasteiger partial charge is 0.416 e. The Morgan fingerprint density at radius 2 is 1.70 bits per heavy atom. The molecule has 0 radical (unpaired) electrons. The molecule has 1 saturated heterocycles. The number of benzene rings is 2. The van der Waals surface area contributed by atoms with E-state index in [1.165, 1.54) is 18.2 Å². The summed E-state index contributed by atoms with van der Waals surface area (Å²) >= 11 is 0. The van der Waals surface area contributed by atoms with Crippen molar-refractivity contribution >= 4 is 17.8 Å². The third-order valence-electron chi connectivity index (χ3n) is 5.18. The van der Waals surface area contributed by atoms with Gasteiger partial charge in [-0.05, 0) is 35.2 Å². The summed E-state index contributed by atoms with van der Waals surface area (Å²) in [6, 6.07) is 10.3. The summed E-state index contributed by atoms with van der Waals surface area (Å²) in [4.78, 5) is 36.7. The molecule has 0 aliphatic carbocycles. The third-order valence-corrected chi connectivity index (χ3v) is 5.18. The van der Waals surface area contributed by atoms with Gasteiger partial charge in [0, 0.05) is 5.56 Å². The molecule has 0 unspecified atom stereocenters. The van der Waals surface area contributed by atoms with Crippen LogP contribution in [0, 0.1) is 5.92 Å². The van der Waals surface area contributed by atoms with E-state index in [1.54, 1.807) is 32.0 Å². The maximum Gasteiger partial charge on any atom is 0.416 e. The summed E-state index contributed by atoms with van der Waals surface area (Å²) in [5, 5.41) is 7.41. The molecule has 1 heterocycles. The number of alkyl halides is 3. The summed E-state index contributed by atoms with van der Waals surface area (Å²) in [7, 11) is 0. The molecule has 1 atom stereocenters.